The summed E-state index contributed by atoms with van der Waals surface area (Å²) in [6, 6.07) is 0.807. The first kappa shape index (κ1) is 10.7. The van der Waals surface area contributed by atoms with Gasteiger partial charge < -0.3 is 14.1 Å². The van der Waals surface area contributed by atoms with Crippen LogP contribution in [0.25, 0.3) is 0 Å². The molecule has 0 radical (unpaired) electrons. The molecule has 15 heavy (non-hydrogen) atoms. The van der Waals surface area contributed by atoms with Crippen molar-refractivity contribution in [3.8, 4) is 0 Å². The molecule has 0 aromatic carbocycles. The fraction of sp³-hybridized carbons (Fsp3) is 0.778. The lowest BCUT2D eigenvalue weighted by Gasteiger charge is -2.24. The van der Waals surface area contributed by atoms with E-state index in [1.807, 2.05) is 18.9 Å². The van der Waals surface area contributed by atoms with E-state index in [1.165, 1.54) is 0 Å². The number of hydrogen-bond acceptors (Lipinski definition) is 5. The van der Waals surface area contributed by atoms with Crippen molar-refractivity contribution in [2.45, 2.75) is 31.4 Å². The number of hydrogen-bond donors (Lipinski definition) is 0. The summed E-state index contributed by atoms with van der Waals surface area (Å²) in [6.07, 6.45) is 1.18. The summed E-state index contributed by atoms with van der Waals surface area (Å²) in [5.41, 5.74) is 0. The average molecular weight is 232 g/mol. The van der Waals surface area contributed by atoms with Gasteiger partial charge in [0.2, 0.25) is 5.89 Å². The Kier molecular flexibility index (Phi) is 3.11. The molecule has 1 saturated heterocycles. The lowest BCUT2D eigenvalue weighted by Crippen LogP contribution is -2.36. The van der Waals surface area contributed by atoms with Crippen LogP contribution in [0, 0.1) is 0 Å². The molecule has 0 N–H and O–H groups in total. The Bertz CT molecular complexity index is 331. The fourth-order valence-electron chi connectivity index (χ4n) is 1.81. The van der Waals surface area contributed by atoms with Crippen LogP contribution in [-0.4, -0.2) is 36.0 Å². The lowest BCUT2D eigenvalue weighted by molar-refractivity contribution is 0.117. The zero-order valence-electron chi connectivity index (χ0n) is 8.81. The predicted molar refractivity (Wildman–Crippen MR) is 56.1 cm³/mol. The maximum absolute atomic E-state index is 5.59. The van der Waals surface area contributed by atoms with E-state index in [2.05, 4.69) is 10.2 Å². The van der Waals surface area contributed by atoms with E-state index in [0.717, 1.165) is 13.0 Å². The van der Waals surface area contributed by atoms with Crippen LogP contribution < -0.4 is 4.90 Å². The third kappa shape index (κ3) is 2.08. The minimum absolute atomic E-state index is 0.196. The zero-order chi connectivity index (χ0) is 10.8. The van der Waals surface area contributed by atoms with Crippen LogP contribution in [0.1, 0.15) is 19.2 Å². The predicted octanol–water partition coefficient (Wildman–Crippen LogP) is 1.42. The Hall–Kier alpha value is -0.810. The molecule has 1 fully saturated rings. The lowest BCUT2D eigenvalue weighted by atomic mass is 10.1. The molecule has 2 rings (SSSR count). The van der Waals surface area contributed by atoms with Crippen LogP contribution in [0.2, 0.25) is 0 Å². The Morgan fingerprint density at radius 2 is 2.33 bits per heavy atom. The molecule has 0 bridgehead atoms. The SMILES string of the molecule is CC1OCCC1N(C)c1nnc(CCl)o1. The number of rotatable bonds is 3. The Balaban J connectivity index is 2.09. The number of halogens is 1. The molecular weight excluding hydrogens is 218 g/mol. The highest BCUT2D eigenvalue weighted by molar-refractivity contribution is 6.16. The number of ether oxygens (including phenoxy) is 1. The largest absolute Gasteiger partial charge is 0.407 e. The smallest absolute Gasteiger partial charge is 0.318 e. The maximum atomic E-state index is 5.59. The van der Waals surface area contributed by atoms with Gasteiger partial charge in [-0.25, -0.2) is 0 Å². The van der Waals surface area contributed by atoms with Crippen molar-refractivity contribution in [1.29, 1.82) is 0 Å². The maximum Gasteiger partial charge on any atom is 0.318 e. The van der Waals surface area contributed by atoms with Gasteiger partial charge in [0, 0.05) is 13.7 Å². The molecule has 0 amide bonds. The number of alkyl halides is 1. The highest BCUT2D eigenvalue weighted by Gasteiger charge is 2.30. The van der Waals surface area contributed by atoms with Gasteiger partial charge in [0.15, 0.2) is 0 Å². The Morgan fingerprint density at radius 1 is 1.53 bits per heavy atom. The highest BCUT2D eigenvalue weighted by atomic mass is 35.5. The molecule has 2 unspecified atom stereocenters. The van der Waals surface area contributed by atoms with Crippen molar-refractivity contribution in [3.05, 3.63) is 5.89 Å². The number of nitrogens with zero attached hydrogens (tertiary/aromatic N) is 3. The van der Waals surface area contributed by atoms with Crippen molar-refractivity contribution < 1.29 is 9.15 Å². The van der Waals surface area contributed by atoms with Crippen molar-refractivity contribution in [2.24, 2.45) is 0 Å². The minimum atomic E-state index is 0.196. The van der Waals surface area contributed by atoms with Gasteiger partial charge in [-0.05, 0) is 13.3 Å². The Labute approximate surface area is 93.4 Å². The average Bonchev–Trinajstić information content (AvgIpc) is 2.84. The molecule has 2 heterocycles. The van der Waals surface area contributed by atoms with Gasteiger partial charge in [-0.1, -0.05) is 5.10 Å². The molecule has 5 nitrogen and oxygen atoms in total. The van der Waals surface area contributed by atoms with Crippen LogP contribution in [0.3, 0.4) is 0 Å². The van der Waals surface area contributed by atoms with Crippen LogP contribution in [0.5, 0.6) is 0 Å². The molecule has 0 spiro atoms. The Morgan fingerprint density at radius 3 is 2.87 bits per heavy atom. The number of anilines is 1. The first-order valence-electron chi connectivity index (χ1n) is 4.95. The van der Waals surface area contributed by atoms with Crippen LogP contribution in [0.4, 0.5) is 6.01 Å². The number of likely N-dealkylation sites (N-methyl/N-ethyl adjacent to an activating group) is 1. The molecule has 1 aromatic heterocycles. The van der Waals surface area contributed by atoms with Crippen molar-refractivity contribution in [1.82, 2.24) is 10.2 Å². The minimum Gasteiger partial charge on any atom is -0.407 e. The van der Waals surface area contributed by atoms with Gasteiger partial charge in [-0.3, -0.25) is 0 Å². The second-order valence-electron chi connectivity index (χ2n) is 3.65. The fourth-order valence-corrected chi connectivity index (χ4v) is 1.92. The third-order valence-electron chi connectivity index (χ3n) is 2.71. The molecule has 0 saturated carbocycles. The van der Waals surface area contributed by atoms with E-state index in [9.17, 15) is 0 Å². The first-order valence-corrected chi connectivity index (χ1v) is 5.48. The van der Waals surface area contributed by atoms with E-state index in [-0.39, 0.29) is 12.0 Å². The van der Waals surface area contributed by atoms with E-state index < -0.39 is 0 Å². The summed E-state index contributed by atoms with van der Waals surface area (Å²) >= 11 is 5.59. The summed E-state index contributed by atoms with van der Waals surface area (Å²) in [6.45, 7) is 2.83. The molecule has 84 valence electrons. The number of aromatic nitrogens is 2. The third-order valence-corrected chi connectivity index (χ3v) is 2.93. The van der Waals surface area contributed by atoms with Crippen molar-refractivity contribution in [3.63, 3.8) is 0 Å². The molecule has 1 aromatic rings. The van der Waals surface area contributed by atoms with Gasteiger partial charge >= 0.3 is 6.01 Å². The molecule has 0 aliphatic carbocycles. The van der Waals surface area contributed by atoms with Gasteiger partial charge in [-0.2, -0.15) is 0 Å². The van der Waals surface area contributed by atoms with Gasteiger partial charge in [0.05, 0.1) is 12.1 Å². The van der Waals surface area contributed by atoms with Gasteiger partial charge in [-0.15, -0.1) is 16.7 Å². The summed E-state index contributed by atoms with van der Waals surface area (Å²) in [5, 5.41) is 7.76. The van der Waals surface area contributed by atoms with Crippen molar-refractivity contribution >= 4 is 17.6 Å². The molecule has 6 heteroatoms. The van der Waals surface area contributed by atoms with Gasteiger partial charge in [0.25, 0.3) is 0 Å². The molecule has 2 atom stereocenters. The van der Waals surface area contributed by atoms with Crippen LogP contribution in [0.15, 0.2) is 4.42 Å². The second kappa shape index (κ2) is 4.37. The zero-order valence-corrected chi connectivity index (χ0v) is 9.57. The topological polar surface area (TPSA) is 51.4 Å². The standard InChI is InChI=1S/C9H14ClN3O2/c1-6-7(3-4-14-6)13(2)9-12-11-8(5-10)15-9/h6-7H,3-5H2,1-2H3. The monoisotopic (exact) mass is 231 g/mol. The van der Waals surface area contributed by atoms with Crippen molar-refractivity contribution in [2.75, 3.05) is 18.6 Å². The molecular formula is C9H14ClN3O2. The highest BCUT2D eigenvalue weighted by Crippen LogP contribution is 2.23. The quantitative estimate of drug-likeness (QED) is 0.737. The van der Waals surface area contributed by atoms with E-state index in [0.29, 0.717) is 17.9 Å². The van der Waals surface area contributed by atoms with Crippen LogP contribution >= 0.6 is 11.6 Å². The summed E-state index contributed by atoms with van der Waals surface area (Å²) in [5.74, 6) is 0.697. The normalized spacial score (nSPS) is 25.8. The van der Waals surface area contributed by atoms with E-state index in [4.69, 9.17) is 20.8 Å². The first-order chi connectivity index (χ1) is 7.22. The summed E-state index contributed by atoms with van der Waals surface area (Å²) in [7, 11) is 1.93. The summed E-state index contributed by atoms with van der Waals surface area (Å²) < 4.78 is 10.9. The second-order valence-corrected chi connectivity index (χ2v) is 3.92. The van der Waals surface area contributed by atoms with Crippen LogP contribution in [-0.2, 0) is 10.6 Å². The van der Waals surface area contributed by atoms with E-state index in [1.54, 1.807) is 0 Å². The molecule has 1 aliphatic heterocycles. The van der Waals surface area contributed by atoms with E-state index >= 15 is 0 Å². The van der Waals surface area contributed by atoms with Gasteiger partial charge in [0.1, 0.15) is 5.88 Å². The molecule has 1 aliphatic rings. The summed E-state index contributed by atoms with van der Waals surface area (Å²) in [4.78, 5) is 1.96.